The van der Waals surface area contributed by atoms with Crippen LogP contribution in [0, 0.1) is 25.5 Å². The molecule has 0 radical (unpaired) electrons. The van der Waals surface area contributed by atoms with Gasteiger partial charge in [0.2, 0.25) is 35.3 Å². The minimum atomic E-state index is -4.75. The molecule has 8 aliphatic rings. The summed E-state index contributed by atoms with van der Waals surface area (Å²) in [7, 11) is 0. The highest BCUT2D eigenvalue weighted by molar-refractivity contribution is 5.92. The van der Waals surface area contributed by atoms with E-state index in [0.29, 0.717) is 99.6 Å². The highest BCUT2D eigenvalue weighted by Gasteiger charge is 2.42. The number of piperazine rings is 2. The highest BCUT2D eigenvalue weighted by Crippen LogP contribution is 2.35. The Hall–Kier alpha value is -8.13. The van der Waals surface area contributed by atoms with Gasteiger partial charge in [0.25, 0.3) is 11.1 Å². The molecular formula is C53H60F8N16O8. The zero-order valence-corrected chi connectivity index (χ0v) is 46.7. The summed E-state index contributed by atoms with van der Waals surface area (Å²) in [5.41, 5.74) is -3.21. The number of nitrogens with zero attached hydrogens (tertiary/aromatic N) is 13. The van der Waals surface area contributed by atoms with Gasteiger partial charge >= 0.3 is 18.4 Å². The number of ether oxygens (including phenoxy) is 3. The van der Waals surface area contributed by atoms with E-state index in [4.69, 9.17) is 14.2 Å². The minimum Gasteiger partial charge on any atom is -0.444 e. The summed E-state index contributed by atoms with van der Waals surface area (Å²) < 4.78 is 129. The molecule has 0 saturated carbocycles. The smallest absolute Gasteiger partial charge is 0.416 e. The maximum Gasteiger partial charge on any atom is 0.416 e. The number of hydrogen-bond donors (Lipinski definition) is 3. The molecule has 4 unspecified atom stereocenters. The standard InChI is InChI=1S/C29H34F4N8O5.C24H26F4N8O3/c1-16-23(37-7-9-38(10-8-37)27(44)46-28(2,3)4)24(43)41-26(35-25(36-41)39-13-18-12-19(14-39)45-18)40(16)15-22(42)34-21-6-5-17(11-20(21)30)29(31,32)33;1-13-20(33-6-4-29-5-7-33)21(38)36-23(31-22(32-36)34-10-15-9-16(11-34)39-15)35(13)12-19(37)30-18-3-2-14(8-17(18)25)24(26,27)28/h5-6,11,18-19H,7-10,12-15H2,1-4H3,(H,34,42);2-3,8,15-16,29H,4-7,9-12H2,1H3,(H,30,37). The summed E-state index contributed by atoms with van der Waals surface area (Å²) in [5, 5.41) is 16.9. The first-order valence-corrected chi connectivity index (χ1v) is 27.5. The van der Waals surface area contributed by atoms with Crippen molar-refractivity contribution in [2.24, 2.45) is 0 Å². The van der Waals surface area contributed by atoms with Crippen LogP contribution in [0.15, 0.2) is 46.0 Å². The molecular weight excluding hydrogens is 1140 g/mol. The number of benzene rings is 2. The van der Waals surface area contributed by atoms with Crippen molar-refractivity contribution in [3.05, 3.63) is 91.3 Å². The predicted molar refractivity (Wildman–Crippen MR) is 290 cm³/mol. The van der Waals surface area contributed by atoms with Crippen molar-refractivity contribution in [1.29, 1.82) is 0 Å². The lowest BCUT2D eigenvalue weighted by molar-refractivity contribution is -0.138. The van der Waals surface area contributed by atoms with Crippen LogP contribution >= 0.6 is 0 Å². The molecule has 456 valence electrons. The van der Waals surface area contributed by atoms with Gasteiger partial charge in [-0.2, -0.15) is 45.3 Å². The van der Waals surface area contributed by atoms with Gasteiger partial charge in [0.05, 0.1) is 46.9 Å². The number of carbonyl (C=O) groups excluding carboxylic acids is 3. The van der Waals surface area contributed by atoms with Gasteiger partial charge in [-0.25, -0.2) is 13.6 Å². The Kier molecular flexibility index (Phi) is 15.4. The summed E-state index contributed by atoms with van der Waals surface area (Å²) in [6.07, 6.45) is -7.81. The predicted octanol–water partition coefficient (Wildman–Crippen LogP) is 4.41. The summed E-state index contributed by atoms with van der Waals surface area (Å²) in [6, 6.07) is 3.73. The Morgan fingerprint density at radius 1 is 0.612 bits per heavy atom. The summed E-state index contributed by atoms with van der Waals surface area (Å²) in [5.74, 6) is -3.10. The number of fused-ring (bicyclic) bond motifs is 6. The van der Waals surface area contributed by atoms with Crippen molar-refractivity contribution in [2.45, 2.75) is 103 Å². The van der Waals surface area contributed by atoms with Crippen LogP contribution in [-0.2, 0) is 49.2 Å². The molecule has 85 heavy (non-hydrogen) atoms. The maximum absolute atomic E-state index is 14.5. The third-order valence-electron chi connectivity index (χ3n) is 15.4. The summed E-state index contributed by atoms with van der Waals surface area (Å²) in [6.45, 7) is 13.7. The molecule has 12 heterocycles. The van der Waals surface area contributed by atoms with Crippen LogP contribution in [0.1, 0.15) is 56.1 Å². The molecule has 4 aromatic heterocycles. The molecule has 6 aromatic rings. The van der Waals surface area contributed by atoms with Gasteiger partial charge in [0.15, 0.2) is 0 Å². The Labute approximate surface area is 478 Å². The van der Waals surface area contributed by atoms with Crippen molar-refractivity contribution >= 4 is 64.1 Å². The molecule has 24 nitrogen and oxygen atoms in total. The number of anilines is 6. The zero-order chi connectivity index (χ0) is 60.6. The third kappa shape index (κ3) is 12.1. The first-order chi connectivity index (χ1) is 40.1. The van der Waals surface area contributed by atoms with Crippen molar-refractivity contribution in [3.8, 4) is 0 Å². The van der Waals surface area contributed by atoms with E-state index in [0.717, 1.165) is 29.5 Å². The maximum atomic E-state index is 14.5. The fraction of sp³-hybridized carbons (Fsp3) is 0.528. The highest BCUT2D eigenvalue weighted by atomic mass is 19.4. The Balaban J connectivity index is 0.000000179. The molecule has 3 amide bonds. The van der Waals surface area contributed by atoms with Gasteiger partial charge in [0, 0.05) is 103 Å². The molecule has 4 atom stereocenters. The van der Waals surface area contributed by atoms with Crippen LogP contribution in [0.2, 0.25) is 0 Å². The molecule has 32 heteroatoms. The summed E-state index contributed by atoms with van der Waals surface area (Å²) >= 11 is 0. The van der Waals surface area contributed by atoms with E-state index in [-0.39, 0.29) is 91.6 Å². The molecule has 0 spiro atoms. The van der Waals surface area contributed by atoms with Crippen molar-refractivity contribution in [3.63, 3.8) is 0 Å². The van der Waals surface area contributed by atoms with E-state index < -0.39 is 76.4 Å². The fourth-order valence-corrected chi connectivity index (χ4v) is 11.3. The lowest BCUT2D eigenvalue weighted by Crippen LogP contribution is -2.57. The van der Waals surface area contributed by atoms with Gasteiger partial charge in [-0.15, -0.1) is 10.2 Å². The average molecular weight is 1200 g/mol. The molecule has 8 aliphatic heterocycles. The number of nitrogens with one attached hydrogen (secondary N) is 3. The van der Waals surface area contributed by atoms with E-state index in [1.807, 2.05) is 14.7 Å². The number of alkyl halides is 6. The number of morpholine rings is 2. The Bertz CT molecular complexity index is 3680. The lowest BCUT2D eigenvalue weighted by atomic mass is 9.99. The normalized spacial score (nSPS) is 20.6. The van der Waals surface area contributed by atoms with Gasteiger partial charge in [0.1, 0.15) is 41.7 Å². The van der Waals surface area contributed by atoms with E-state index in [9.17, 15) is 59.1 Å². The van der Waals surface area contributed by atoms with Crippen LogP contribution in [0.4, 0.5) is 74.6 Å². The van der Waals surface area contributed by atoms with Gasteiger partial charge in [-0.1, -0.05) is 0 Å². The van der Waals surface area contributed by atoms with E-state index in [1.54, 1.807) is 44.4 Å². The zero-order valence-electron chi connectivity index (χ0n) is 46.7. The van der Waals surface area contributed by atoms with E-state index in [2.05, 4.69) is 36.1 Å². The van der Waals surface area contributed by atoms with Crippen LogP contribution in [-0.4, -0.2) is 170 Å². The van der Waals surface area contributed by atoms with Crippen LogP contribution < -0.4 is 46.7 Å². The molecule has 4 bridgehead atoms. The second-order valence-electron chi connectivity index (χ2n) is 22.6. The quantitative estimate of drug-likeness (QED) is 0.161. The van der Waals surface area contributed by atoms with Crippen molar-refractivity contribution in [1.82, 2.24) is 48.5 Å². The second kappa shape index (κ2) is 22.4. The van der Waals surface area contributed by atoms with Crippen LogP contribution in [0.25, 0.3) is 11.6 Å². The van der Waals surface area contributed by atoms with Crippen LogP contribution in [0.5, 0.6) is 0 Å². The minimum absolute atomic E-state index is 0.0344. The van der Waals surface area contributed by atoms with E-state index in [1.165, 1.54) is 13.6 Å². The van der Waals surface area contributed by atoms with E-state index >= 15 is 0 Å². The van der Waals surface area contributed by atoms with Gasteiger partial charge in [-0.3, -0.25) is 19.2 Å². The topological polar surface area (TPSA) is 236 Å². The number of halogens is 8. The monoisotopic (exact) mass is 1200 g/mol. The van der Waals surface area contributed by atoms with Gasteiger partial charge < -0.3 is 63.8 Å². The average Bonchev–Trinajstić information content (AvgIpc) is 1.86. The first kappa shape index (κ1) is 58.6. The number of rotatable bonds is 10. The number of aromatic nitrogens is 8. The molecule has 8 fully saturated rings. The Morgan fingerprint density at radius 3 is 1.36 bits per heavy atom. The number of piperidine rings is 2. The van der Waals surface area contributed by atoms with Crippen molar-refractivity contribution in [2.75, 3.05) is 109 Å². The fourth-order valence-electron chi connectivity index (χ4n) is 11.3. The number of carbonyl (C=O) groups is 3. The Morgan fingerprint density at radius 2 is 1.00 bits per heavy atom. The molecule has 8 saturated heterocycles. The van der Waals surface area contributed by atoms with Crippen LogP contribution in [0.3, 0.4) is 0 Å². The van der Waals surface area contributed by atoms with Crippen molar-refractivity contribution < 1.29 is 63.7 Å². The second-order valence-corrected chi connectivity index (χ2v) is 22.6. The SMILES string of the molecule is Cc1c(N2CCN(C(=O)OC(C)(C)C)CC2)c(=O)n2nc(N3CC4CC(C3)O4)nc2n1CC(=O)Nc1ccc(C(F)(F)F)cc1F.Cc1c(N2CCNCC2)c(=O)n2nc(N3CC4CC(C3)O4)nc2n1CC(=O)Nc1ccc(C(F)(F)F)cc1F. The molecule has 2 aromatic carbocycles. The van der Waals surface area contributed by atoms with Gasteiger partial charge in [-0.05, 0) is 71.0 Å². The molecule has 0 aliphatic carbocycles. The first-order valence-electron chi connectivity index (χ1n) is 27.5. The molecule has 3 N–H and O–H groups in total. The summed E-state index contributed by atoms with van der Waals surface area (Å²) in [4.78, 5) is 84.7. The number of hydrogen-bond acceptors (Lipinski definition) is 17. The third-order valence-corrected chi connectivity index (χ3v) is 15.4. The molecule has 14 rings (SSSR count). The largest absolute Gasteiger partial charge is 0.444 e. The number of amides is 3. The lowest BCUT2D eigenvalue weighted by Gasteiger charge is -2.46.